The van der Waals surface area contributed by atoms with E-state index in [9.17, 15) is 24.5 Å². The van der Waals surface area contributed by atoms with Crippen LogP contribution in [0, 0.1) is 10.1 Å². The van der Waals surface area contributed by atoms with Crippen molar-refractivity contribution in [1.82, 2.24) is 10.2 Å². The monoisotopic (exact) mass is 483 g/mol. The van der Waals surface area contributed by atoms with E-state index in [0.717, 1.165) is 5.56 Å². The zero-order chi connectivity index (χ0) is 24.2. The van der Waals surface area contributed by atoms with Gasteiger partial charge in [-0.1, -0.05) is 30.3 Å². The molecule has 0 spiro atoms. The number of hydrogen-bond acceptors (Lipinski definition) is 8. The Kier molecular flexibility index (Phi) is 6.82. The number of carbonyl (C=O) groups excluding carboxylic acids is 3. The summed E-state index contributed by atoms with van der Waals surface area (Å²) in [5.74, 6) is -0.817. The van der Waals surface area contributed by atoms with E-state index < -0.39 is 28.2 Å². The van der Waals surface area contributed by atoms with Crippen LogP contribution in [0.5, 0.6) is 0 Å². The Balaban J connectivity index is 1.41. The highest BCUT2D eigenvalue weighted by atomic mass is 32.2. The standard InChI is InChI=1S/C23H21N3O7S/c1-32-17-13-34-22-19(24-18(27)11-14-5-3-2-4-6-14)21(28)25(22)20(17)23(29)33-12-15-7-9-16(10-8-15)26(30)31/h2-10,19,22H,11-13H2,1H3,(H,24,27)/t19?,22-/m1/s1. The van der Waals surface area contributed by atoms with Crippen LogP contribution in [-0.2, 0) is 36.9 Å². The average molecular weight is 484 g/mol. The summed E-state index contributed by atoms with van der Waals surface area (Å²) in [5.41, 5.74) is 1.32. The predicted octanol–water partition coefficient (Wildman–Crippen LogP) is 2.14. The fourth-order valence-corrected chi connectivity index (χ4v) is 4.99. The molecule has 0 bridgehead atoms. The van der Waals surface area contributed by atoms with E-state index in [1.807, 2.05) is 30.3 Å². The summed E-state index contributed by atoms with van der Waals surface area (Å²) in [6, 6.07) is 14.0. The molecule has 1 fully saturated rings. The number of amides is 2. The van der Waals surface area contributed by atoms with Crippen molar-refractivity contribution < 1.29 is 28.8 Å². The lowest BCUT2D eigenvalue weighted by Crippen LogP contribution is -2.70. The van der Waals surface area contributed by atoms with Crippen molar-refractivity contribution >= 4 is 35.2 Å². The van der Waals surface area contributed by atoms with Crippen LogP contribution in [0.4, 0.5) is 5.69 Å². The molecule has 4 rings (SSSR count). The molecule has 2 aliphatic heterocycles. The van der Waals surface area contributed by atoms with Gasteiger partial charge in [0.2, 0.25) is 5.91 Å². The number of nitrogens with one attached hydrogen (secondary N) is 1. The molecule has 2 aliphatic rings. The molecule has 2 atom stereocenters. The third-order valence-corrected chi connectivity index (χ3v) is 6.67. The molecule has 0 aliphatic carbocycles. The normalized spacial score (nSPS) is 19.1. The summed E-state index contributed by atoms with van der Waals surface area (Å²) in [7, 11) is 1.41. The first kappa shape index (κ1) is 23.3. The summed E-state index contributed by atoms with van der Waals surface area (Å²) < 4.78 is 10.7. The lowest BCUT2D eigenvalue weighted by Gasteiger charge is -2.49. The third-order valence-electron chi connectivity index (χ3n) is 5.41. The van der Waals surface area contributed by atoms with E-state index in [2.05, 4.69) is 5.32 Å². The average Bonchev–Trinajstić information content (AvgIpc) is 2.85. The van der Waals surface area contributed by atoms with E-state index in [4.69, 9.17) is 9.47 Å². The first-order valence-corrected chi connectivity index (χ1v) is 11.4. The van der Waals surface area contributed by atoms with Crippen LogP contribution in [0.2, 0.25) is 0 Å². The third kappa shape index (κ3) is 4.74. The van der Waals surface area contributed by atoms with Crippen LogP contribution in [0.3, 0.4) is 0 Å². The topological polar surface area (TPSA) is 128 Å². The van der Waals surface area contributed by atoms with E-state index in [-0.39, 0.29) is 30.3 Å². The van der Waals surface area contributed by atoms with Crippen LogP contribution < -0.4 is 5.32 Å². The number of ether oxygens (including phenoxy) is 2. The summed E-state index contributed by atoms with van der Waals surface area (Å²) in [6.45, 7) is -0.131. The number of methoxy groups -OCH3 is 1. The molecule has 0 aromatic heterocycles. The van der Waals surface area contributed by atoms with Crippen molar-refractivity contribution in [2.45, 2.75) is 24.4 Å². The van der Waals surface area contributed by atoms with E-state index in [0.29, 0.717) is 17.1 Å². The number of benzene rings is 2. The Bertz CT molecular complexity index is 1150. The number of thioether (sulfide) groups is 1. The number of non-ortho nitro benzene ring substituents is 1. The number of carbonyl (C=O) groups is 3. The lowest BCUT2D eigenvalue weighted by molar-refractivity contribution is -0.384. The minimum absolute atomic E-state index is 0.00622. The smallest absolute Gasteiger partial charge is 0.358 e. The fraction of sp³-hybridized carbons (Fsp3) is 0.261. The van der Waals surface area contributed by atoms with Crippen LogP contribution in [0.25, 0.3) is 0 Å². The molecular formula is C23H21N3O7S. The molecule has 0 radical (unpaired) electrons. The SMILES string of the molecule is COC1=C(C(=O)OCc2ccc([N+](=O)[O-])cc2)N2C(=O)C(NC(=O)Cc3ccccc3)[C@H]2SC1. The van der Waals surface area contributed by atoms with Gasteiger partial charge in [0.15, 0.2) is 5.70 Å². The molecule has 11 heteroatoms. The van der Waals surface area contributed by atoms with Gasteiger partial charge in [-0.2, -0.15) is 0 Å². The Hall–Kier alpha value is -3.86. The highest BCUT2D eigenvalue weighted by Gasteiger charge is 2.55. The predicted molar refractivity (Wildman–Crippen MR) is 122 cm³/mol. The zero-order valence-corrected chi connectivity index (χ0v) is 18.9. The molecule has 176 valence electrons. The highest BCUT2D eigenvalue weighted by molar-refractivity contribution is 8.00. The molecule has 0 saturated carbocycles. The number of β-lactam (4-membered cyclic amide) rings is 1. The van der Waals surface area contributed by atoms with Gasteiger partial charge in [-0.15, -0.1) is 11.8 Å². The molecule has 2 amide bonds. The quantitative estimate of drug-likeness (QED) is 0.262. The summed E-state index contributed by atoms with van der Waals surface area (Å²) in [6.07, 6.45) is 0.144. The van der Waals surface area contributed by atoms with E-state index in [1.165, 1.54) is 48.0 Å². The Labute approximate surface area is 199 Å². The van der Waals surface area contributed by atoms with Crippen molar-refractivity contribution in [3.8, 4) is 0 Å². The Morgan fingerprint density at radius 1 is 1.15 bits per heavy atom. The summed E-state index contributed by atoms with van der Waals surface area (Å²) in [5, 5.41) is 13.1. The Morgan fingerprint density at radius 2 is 1.85 bits per heavy atom. The van der Waals surface area contributed by atoms with Gasteiger partial charge in [0.05, 0.1) is 24.2 Å². The van der Waals surface area contributed by atoms with Gasteiger partial charge < -0.3 is 14.8 Å². The van der Waals surface area contributed by atoms with Crippen molar-refractivity contribution in [1.29, 1.82) is 0 Å². The fourth-order valence-electron chi connectivity index (χ4n) is 3.67. The van der Waals surface area contributed by atoms with E-state index >= 15 is 0 Å². The number of nitrogens with zero attached hydrogens (tertiary/aromatic N) is 2. The van der Waals surface area contributed by atoms with Crippen LogP contribution in [-0.4, -0.2) is 51.9 Å². The lowest BCUT2D eigenvalue weighted by atomic mass is 10.0. The second kappa shape index (κ2) is 9.96. The van der Waals surface area contributed by atoms with Gasteiger partial charge in [0.1, 0.15) is 23.8 Å². The summed E-state index contributed by atoms with van der Waals surface area (Å²) >= 11 is 1.38. The van der Waals surface area contributed by atoms with Crippen LogP contribution >= 0.6 is 11.8 Å². The maximum atomic E-state index is 12.9. The maximum Gasteiger partial charge on any atom is 0.358 e. The Morgan fingerprint density at radius 3 is 2.50 bits per heavy atom. The first-order valence-electron chi connectivity index (χ1n) is 10.3. The minimum Gasteiger partial charge on any atom is -0.498 e. The molecule has 2 aromatic rings. The van der Waals surface area contributed by atoms with Crippen LogP contribution in [0.15, 0.2) is 66.1 Å². The molecule has 1 unspecified atom stereocenters. The molecular weight excluding hydrogens is 462 g/mol. The van der Waals surface area contributed by atoms with Gasteiger partial charge in [-0.3, -0.25) is 24.6 Å². The van der Waals surface area contributed by atoms with Crippen molar-refractivity contribution in [2.24, 2.45) is 0 Å². The number of rotatable bonds is 8. The molecule has 1 N–H and O–H groups in total. The first-order chi connectivity index (χ1) is 16.4. The zero-order valence-electron chi connectivity index (χ0n) is 18.1. The molecule has 10 nitrogen and oxygen atoms in total. The van der Waals surface area contributed by atoms with E-state index in [1.54, 1.807) is 0 Å². The number of nitro benzene ring substituents is 1. The number of esters is 1. The van der Waals surface area contributed by atoms with Crippen molar-refractivity contribution in [3.63, 3.8) is 0 Å². The van der Waals surface area contributed by atoms with Gasteiger partial charge in [-0.25, -0.2) is 4.79 Å². The van der Waals surface area contributed by atoms with Gasteiger partial charge >= 0.3 is 5.97 Å². The largest absolute Gasteiger partial charge is 0.498 e. The molecule has 2 heterocycles. The maximum absolute atomic E-state index is 12.9. The second-order valence-electron chi connectivity index (χ2n) is 7.59. The molecule has 2 aromatic carbocycles. The minimum atomic E-state index is -0.753. The number of fused-ring (bicyclic) bond motifs is 1. The summed E-state index contributed by atoms with van der Waals surface area (Å²) in [4.78, 5) is 49.7. The van der Waals surface area contributed by atoms with Gasteiger partial charge in [0.25, 0.3) is 11.6 Å². The highest BCUT2D eigenvalue weighted by Crippen LogP contribution is 2.40. The van der Waals surface area contributed by atoms with Crippen molar-refractivity contribution in [3.05, 3.63) is 87.3 Å². The number of hydrogen-bond donors (Lipinski definition) is 1. The molecule has 1 saturated heterocycles. The second-order valence-corrected chi connectivity index (χ2v) is 8.70. The van der Waals surface area contributed by atoms with Crippen molar-refractivity contribution in [2.75, 3.05) is 12.9 Å². The van der Waals surface area contributed by atoms with Gasteiger partial charge in [-0.05, 0) is 23.3 Å². The van der Waals surface area contributed by atoms with Gasteiger partial charge in [0, 0.05) is 12.1 Å². The van der Waals surface area contributed by atoms with Crippen LogP contribution in [0.1, 0.15) is 11.1 Å². The molecule has 34 heavy (non-hydrogen) atoms. The number of nitro groups is 1.